The highest BCUT2D eigenvalue weighted by Gasteiger charge is 2.33. The van der Waals surface area contributed by atoms with Crippen LogP contribution in [0.25, 0.3) is 0 Å². The number of rotatable bonds is 9. The zero-order valence-electron chi connectivity index (χ0n) is 17.3. The Hall–Kier alpha value is -2.20. The molecule has 1 aliphatic rings. The van der Waals surface area contributed by atoms with Gasteiger partial charge in [-0.15, -0.1) is 0 Å². The molecule has 10 heteroatoms. The van der Waals surface area contributed by atoms with E-state index >= 15 is 0 Å². The maximum Gasteiger partial charge on any atom is 0.243 e. The largest absolute Gasteiger partial charge is 0.491 e. The van der Waals surface area contributed by atoms with Crippen LogP contribution in [-0.2, 0) is 19.6 Å². The summed E-state index contributed by atoms with van der Waals surface area (Å²) in [5.41, 5.74) is 0. The summed E-state index contributed by atoms with van der Waals surface area (Å²) in [6, 6.07) is 9.53. The van der Waals surface area contributed by atoms with E-state index in [4.69, 9.17) is 21.1 Å². The molecule has 1 aromatic carbocycles. The summed E-state index contributed by atoms with van der Waals surface area (Å²) in [5, 5.41) is 3.20. The summed E-state index contributed by atoms with van der Waals surface area (Å²) in [6.07, 6.45) is 2.65. The van der Waals surface area contributed by atoms with Crippen LogP contribution < -0.4 is 10.1 Å². The highest BCUT2D eigenvalue weighted by atomic mass is 35.5. The van der Waals surface area contributed by atoms with Gasteiger partial charge in [0, 0.05) is 25.9 Å². The molecule has 1 N–H and O–H groups in total. The second-order valence-electron chi connectivity index (χ2n) is 7.07. The Morgan fingerprint density at radius 1 is 1.23 bits per heavy atom. The quantitative estimate of drug-likeness (QED) is 0.569. The van der Waals surface area contributed by atoms with Crippen LogP contribution in [-0.4, -0.2) is 56.5 Å². The molecule has 1 amide bonds. The van der Waals surface area contributed by atoms with Gasteiger partial charge in [-0.25, -0.2) is 13.4 Å². The number of benzene rings is 1. The number of hydrogen-bond donors (Lipinski definition) is 1. The summed E-state index contributed by atoms with van der Waals surface area (Å²) in [4.78, 5) is 16.8. The number of carbonyl (C=O) groups excluding carboxylic acids is 1. The van der Waals surface area contributed by atoms with Gasteiger partial charge in [0.05, 0.1) is 22.4 Å². The van der Waals surface area contributed by atoms with Crippen molar-refractivity contribution in [2.24, 2.45) is 5.92 Å². The number of hydrogen-bond acceptors (Lipinski definition) is 6. The van der Waals surface area contributed by atoms with Crippen molar-refractivity contribution < 1.29 is 22.7 Å². The van der Waals surface area contributed by atoms with Crippen LogP contribution in [0.4, 0.5) is 5.82 Å². The fourth-order valence-electron chi connectivity index (χ4n) is 3.27. The molecule has 0 aliphatic carbocycles. The van der Waals surface area contributed by atoms with Gasteiger partial charge in [0.15, 0.2) is 0 Å². The molecular weight excluding hydrogens is 442 g/mol. The van der Waals surface area contributed by atoms with Gasteiger partial charge >= 0.3 is 0 Å². The Morgan fingerprint density at radius 3 is 2.68 bits per heavy atom. The van der Waals surface area contributed by atoms with E-state index in [1.54, 1.807) is 24.3 Å². The average Bonchev–Trinajstić information content (AvgIpc) is 2.78. The van der Waals surface area contributed by atoms with Crippen LogP contribution in [0.1, 0.15) is 19.8 Å². The molecule has 1 unspecified atom stereocenters. The van der Waals surface area contributed by atoms with Crippen LogP contribution in [0.3, 0.4) is 0 Å². The number of nitrogens with one attached hydrogen (secondary N) is 1. The summed E-state index contributed by atoms with van der Waals surface area (Å²) >= 11 is 5.81. The zero-order chi connectivity index (χ0) is 22.3. The summed E-state index contributed by atoms with van der Waals surface area (Å²) in [7, 11) is -3.71. The highest BCUT2D eigenvalue weighted by molar-refractivity contribution is 7.89. The van der Waals surface area contributed by atoms with Gasteiger partial charge in [-0.2, -0.15) is 4.31 Å². The molecule has 0 bridgehead atoms. The summed E-state index contributed by atoms with van der Waals surface area (Å²) in [6.45, 7) is 3.88. The smallest absolute Gasteiger partial charge is 0.243 e. The van der Waals surface area contributed by atoms with Crippen molar-refractivity contribution >= 4 is 33.3 Å². The van der Waals surface area contributed by atoms with E-state index in [-0.39, 0.29) is 17.3 Å². The third-order valence-electron chi connectivity index (χ3n) is 4.90. The van der Waals surface area contributed by atoms with E-state index in [9.17, 15) is 13.2 Å². The Balaban J connectivity index is 1.61. The molecule has 1 aliphatic heterocycles. The lowest BCUT2D eigenvalue weighted by molar-refractivity contribution is -0.120. The monoisotopic (exact) mass is 467 g/mol. The first-order chi connectivity index (χ1) is 14.9. The number of piperidine rings is 1. The van der Waals surface area contributed by atoms with Gasteiger partial charge in [0.25, 0.3) is 0 Å². The van der Waals surface area contributed by atoms with Gasteiger partial charge in [-0.1, -0.05) is 11.6 Å². The number of amides is 1. The van der Waals surface area contributed by atoms with E-state index in [0.29, 0.717) is 55.8 Å². The maximum atomic E-state index is 13.1. The second kappa shape index (κ2) is 10.9. The normalized spacial score (nSPS) is 17.3. The van der Waals surface area contributed by atoms with Crippen LogP contribution in [0.15, 0.2) is 47.5 Å². The Morgan fingerprint density at radius 2 is 2.00 bits per heavy atom. The van der Waals surface area contributed by atoms with Crippen molar-refractivity contribution in [3.63, 3.8) is 0 Å². The molecule has 8 nitrogen and oxygen atoms in total. The van der Waals surface area contributed by atoms with E-state index < -0.39 is 15.9 Å². The van der Waals surface area contributed by atoms with Crippen molar-refractivity contribution in [1.82, 2.24) is 9.29 Å². The molecule has 0 saturated carbocycles. The summed E-state index contributed by atoms with van der Waals surface area (Å²) < 4.78 is 38.2. The van der Waals surface area contributed by atoms with Crippen molar-refractivity contribution in [1.29, 1.82) is 0 Å². The number of ether oxygens (including phenoxy) is 2. The number of pyridine rings is 1. The Bertz CT molecular complexity index is 968. The lowest BCUT2D eigenvalue weighted by atomic mass is 9.99. The third kappa shape index (κ3) is 6.39. The minimum atomic E-state index is -3.71. The number of sulfonamides is 1. The summed E-state index contributed by atoms with van der Waals surface area (Å²) in [5.74, 6) is 0.245. The van der Waals surface area contributed by atoms with E-state index in [1.807, 2.05) is 6.92 Å². The number of anilines is 1. The molecule has 1 aromatic heterocycles. The predicted molar refractivity (Wildman–Crippen MR) is 118 cm³/mol. The number of nitrogens with zero attached hydrogens (tertiary/aromatic N) is 2. The highest BCUT2D eigenvalue weighted by Crippen LogP contribution is 2.26. The first kappa shape index (κ1) is 23.5. The molecule has 0 spiro atoms. The van der Waals surface area contributed by atoms with E-state index in [0.717, 1.165) is 0 Å². The minimum absolute atomic E-state index is 0.119. The first-order valence-electron chi connectivity index (χ1n) is 10.1. The second-order valence-corrected chi connectivity index (χ2v) is 9.44. The SMILES string of the molecule is CCOCCOc1ccc(S(=O)(=O)N2CCCC(C(=O)Nc3ccc(Cl)cn3)C2)cc1. The molecule has 1 atom stereocenters. The molecular formula is C21H26ClN3O5S. The fourth-order valence-corrected chi connectivity index (χ4v) is 4.91. The van der Waals surface area contributed by atoms with Gasteiger partial charge < -0.3 is 14.8 Å². The fraction of sp³-hybridized carbons (Fsp3) is 0.429. The van der Waals surface area contributed by atoms with Gasteiger partial charge in [-0.3, -0.25) is 4.79 Å². The molecule has 168 valence electrons. The molecule has 31 heavy (non-hydrogen) atoms. The topological polar surface area (TPSA) is 97.8 Å². The molecule has 2 aromatic rings. The van der Waals surface area contributed by atoms with Crippen molar-refractivity contribution in [3.8, 4) is 5.75 Å². The van der Waals surface area contributed by atoms with Crippen LogP contribution >= 0.6 is 11.6 Å². The molecule has 3 rings (SSSR count). The Labute approximate surface area is 187 Å². The standard InChI is InChI=1S/C21H26ClN3O5S/c1-2-29-12-13-30-18-6-8-19(9-7-18)31(27,28)25-11-3-4-16(15-25)21(26)24-20-10-5-17(22)14-23-20/h5-10,14,16H,2-4,11-13,15H2,1H3,(H,23,24,26). The minimum Gasteiger partial charge on any atom is -0.491 e. The van der Waals surface area contributed by atoms with Gasteiger partial charge in [-0.05, 0) is 56.2 Å². The van der Waals surface area contributed by atoms with Crippen LogP contribution in [0, 0.1) is 5.92 Å². The van der Waals surface area contributed by atoms with Gasteiger partial charge in [0.1, 0.15) is 18.2 Å². The van der Waals surface area contributed by atoms with Crippen LogP contribution in [0.2, 0.25) is 5.02 Å². The van der Waals surface area contributed by atoms with Gasteiger partial charge in [0.2, 0.25) is 15.9 Å². The van der Waals surface area contributed by atoms with Crippen molar-refractivity contribution in [3.05, 3.63) is 47.6 Å². The van der Waals surface area contributed by atoms with Crippen molar-refractivity contribution in [2.45, 2.75) is 24.7 Å². The number of carbonyl (C=O) groups is 1. The number of aromatic nitrogens is 1. The zero-order valence-corrected chi connectivity index (χ0v) is 18.9. The molecule has 0 radical (unpaired) electrons. The Kier molecular flexibility index (Phi) is 8.25. The van der Waals surface area contributed by atoms with Crippen LogP contribution in [0.5, 0.6) is 5.75 Å². The third-order valence-corrected chi connectivity index (χ3v) is 7.00. The van der Waals surface area contributed by atoms with Crippen molar-refractivity contribution in [2.75, 3.05) is 38.2 Å². The lowest BCUT2D eigenvalue weighted by Gasteiger charge is -2.31. The maximum absolute atomic E-state index is 13.1. The first-order valence-corrected chi connectivity index (χ1v) is 11.9. The van der Waals surface area contributed by atoms with E-state index in [2.05, 4.69) is 10.3 Å². The van der Waals surface area contributed by atoms with E-state index in [1.165, 1.54) is 22.6 Å². The molecule has 1 saturated heterocycles. The number of halogens is 1. The molecule has 1 fully saturated rings. The lowest BCUT2D eigenvalue weighted by Crippen LogP contribution is -2.43. The molecule has 2 heterocycles. The predicted octanol–water partition coefficient (Wildman–Crippen LogP) is 3.19. The average molecular weight is 468 g/mol.